The second-order valence-corrected chi connectivity index (χ2v) is 6.36. The first-order chi connectivity index (χ1) is 8.62. The Hall–Kier alpha value is -1.16. The Labute approximate surface area is 109 Å². The highest BCUT2D eigenvalue weighted by atomic mass is 15.2. The Morgan fingerprint density at radius 1 is 1.33 bits per heavy atom. The summed E-state index contributed by atoms with van der Waals surface area (Å²) < 4.78 is 0. The van der Waals surface area contributed by atoms with Crippen molar-refractivity contribution in [2.75, 3.05) is 18.0 Å². The molecule has 0 atom stereocenters. The quantitative estimate of drug-likeness (QED) is 0.882. The number of nitrogens with zero attached hydrogens (tertiary/aromatic N) is 3. The van der Waals surface area contributed by atoms with E-state index in [9.17, 15) is 0 Å². The standard InChI is InChI=1S/C14H22N4/c1-14(2)5-6-18(10-14)13-9-16-12(8-17-13)7-15-11-3-4-11/h8-9,11,15H,3-7,10H2,1-2H3. The lowest BCUT2D eigenvalue weighted by atomic mass is 9.93. The number of aromatic nitrogens is 2. The van der Waals surface area contributed by atoms with Crippen molar-refractivity contribution in [3.05, 3.63) is 18.1 Å². The zero-order chi connectivity index (χ0) is 12.6. The van der Waals surface area contributed by atoms with Crippen molar-refractivity contribution in [1.29, 1.82) is 0 Å². The molecule has 1 saturated heterocycles. The molecule has 3 rings (SSSR count). The molecule has 1 aromatic rings. The Morgan fingerprint density at radius 3 is 2.72 bits per heavy atom. The van der Waals surface area contributed by atoms with Crippen LogP contribution in [-0.2, 0) is 6.54 Å². The maximum Gasteiger partial charge on any atom is 0.147 e. The molecule has 0 aromatic carbocycles. The van der Waals surface area contributed by atoms with Gasteiger partial charge in [0.15, 0.2) is 0 Å². The van der Waals surface area contributed by atoms with Crippen LogP contribution in [0, 0.1) is 5.41 Å². The number of anilines is 1. The smallest absolute Gasteiger partial charge is 0.147 e. The fourth-order valence-electron chi connectivity index (χ4n) is 2.45. The van der Waals surface area contributed by atoms with Gasteiger partial charge in [0.2, 0.25) is 0 Å². The molecule has 4 nitrogen and oxygen atoms in total. The summed E-state index contributed by atoms with van der Waals surface area (Å²) in [5.41, 5.74) is 1.46. The van der Waals surface area contributed by atoms with Gasteiger partial charge in [-0.2, -0.15) is 0 Å². The third-order valence-corrected chi connectivity index (χ3v) is 3.84. The van der Waals surface area contributed by atoms with E-state index in [2.05, 4.69) is 34.0 Å². The summed E-state index contributed by atoms with van der Waals surface area (Å²) in [6.07, 6.45) is 7.70. The van der Waals surface area contributed by atoms with Gasteiger partial charge in [-0.15, -0.1) is 0 Å². The van der Waals surface area contributed by atoms with Gasteiger partial charge >= 0.3 is 0 Å². The summed E-state index contributed by atoms with van der Waals surface area (Å²) in [5, 5.41) is 3.46. The zero-order valence-corrected chi connectivity index (χ0v) is 11.3. The Balaban J connectivity index is 1.60. The van der Waals surface area contributed by atoms with Crippen LogP contribution in [0.5, 0.6) is 0 Å². The van der Waals surface area contributed by atoms with Gasteiger partial charge in [-0.25, -0.2) is 4.98 Å². The van der Waals surface area contributed by atoms with Gasteiger partial charge in [-0.3, -0.25) is 4.98 Å². The molecule has 1 saturated carbocycles. The molecular formula is C14H22N4. The van der Waals surface area contributed by atoms with Crippen LogP contribution in [-0.4, -0.2) is 29.1 Å². The highest BCUT2D eigenvalue weighted by molar-refractivity contribution is 5.37. The van der Waals surface area contributed by atoms with Gasteiger partial charge in [-0.1, -0.05) is 13.8 Å². The average molecular weight is 246 g/mol. The van der Waals surface area contributed by atoms with E-state index in [0.717, 1.165) is 37.2 Å². The third-order valence-electron chi connectivity index (χ3n) is 3.84. The first kappa shape index (κ1) is 11.9. The monoisotopic (exact) mass is 246 g/mol. The fourth-order valence-corrected chi connectivity index (χ4v) is 2.45. The highest BCUT2D eigenvalue weighted by Crippen LogP contribution is 2.31. The number of rotatable bonds is 4. The lowest BCUT2D eigenvalue weighted by Crippen LogP contribution is -2.24. The molecule has 1 aliphatic carbocycles. The molecule has 0 bridgehead atoms. The minimum absolute atomic E-state index is 0.411. The van der Waals surface area contributed by atoms with E-state index in [4.69, 9.17) is 0 Å². The van der Waals surface area contributed by atoms with Crippen LogP contribution in [0.2, 0.25) is 0 Å². The maximum absolute atomic E-state index is 4.55. The van der Waals surface area contributed by atoms with Gasteiger partial charge in [-0.05, 0) is 24.7 Å². The summed E-state index contributed by atoms with van der Waals surface area (Å²) in [5.74, 6) is 1.02. The molecule has 4 heteroatoms. The van der Waals surface area contributed by atoms with Crippen molar-refractivity contribution in [2.24, 2.45) is 5.41 Å². The van der Waals surface area contributed by atoms with Gasteiger partial charge in [0.25, 0.3) is 0 Å². The van der Waals surface area contributed by atoms with E-state index in [1.165, 1.54) is 19.3 Å². The first-order valence-corrected chi connectivity index (χ1v) is 6.92. The van der Waals surface area contributed by atoms with Crippen molar-refractivity contribution in [3.8, 4) is 0 Å². The summed E-state index contributed by atoms with van der Waals surface area (Å²) in [6.45, 7) is 7.66. The molecule has 98 valence electrons. The molecule has 1 N–H and O–H groups in total. The number of nitrogens with one attached hydrogen (secondary N) is 1. The zero-order valence-electron chi connectivity index (χ0n) is 11.3. The van der Waals surface area contributed by atoms with Crippen LogP contribution in [0.3, 0.4) is 0 Å². The van der Waals surface area contributed by atoms with Crippen molar-refractivity contribution in [2.45, 2.75) is 45.7 Å². The lowest BCUT2D eigenvalue weighted by molar-refractivity contribution is 0.418. The minimum atomic E-state index is 0.411. The van der Waals surface area contributed by atoms with Crippen molar-refractivity contribution in [1.82, 2.24) is 15.3 Å². The second kappa shape index (κ2) is 4.50. The maximum atomic E-state index is 4.55. The topological polar surface area (TPSA) is 41.1 Å². The second-order valence-electron chi connectivity index (χ2n) is 6.36. The molecule has 0 spiro atoms. The van der Waals surface area contributed by atoms with Gasteiger partial charge < -0.3 is 10.2 Å². The van der Waals surface area contributed by atoms with E-state index in [0.29, 0.717) is 5.41 Å². The van der Waals surface area contributed by atoms with Crippen LogP contribution < -0.4 is 10.2 Å². The van der Waals surface area contributed by atoms with Gasteiger partial charge in [0.05, 0.1) is 18.1 Å². The van der Waals surface area contributed by atoms with Crippen LogP contribution in [0.25, 0.3) is 0 Å². The average Bonchev–Trinajstić information content (AvgIpc) is 3.11. The van der Waals surface area contributed by atoms with E-state index < -0.39 is 0 Å². The molecule has 1 aromatic heterocycles. The van der Waals surface area contributed by atoms with E-state index in [1.54, 1.807) is 0 Å². The molecule has 18 heavy (non-hydrogen) atoms. The Morgan fingerprint density at radius 2 is 2.17 bits per heavy atom. The lowest BCUT2D eigenvalue weighted by Gasteiger charge is -2.20. The van der Waals surface area contributed by atoms with Gasteiger partial charge in [0.1, 0.15) is 5.82 Å². The summed E-state index contributed by atoms with van der Waals surface area (Å²) in [6, 6.07) is 0.728. The van der Waals surface area contributed by atoms with E-state index in [-0.39, 0.29) is 0 Å². The van der Waals surface area contributed by atoms with E-state index in [1.807, 2.05) is 12.4 Å². The summed E-state index contributed by atoms with van der Waals surface area (Å²) in [7, 11) is 0. The van der Waals surface area contributed by atoms with Crippen LogP contribution >= 0.6 is 0 Å². The minimum Gasteiger partial charge on any atom is -0.355 e. The molecule has 0 radical (unpaired) electrons. The normalized spacial score (nSPS) is 22.4. The molecule has 0 amide bonds. The first-order valence-electron chi connectivity index (χ1n) is 6.92. The largest absolute Gasteiger partial charge is 0.355 e. The third kappa shape index (κ3) is 2.80. The molecular weight excluding hydrogens is 224 g/mol. The molecule has 2 aliphatic rings. The molecule has 2 fully saturated rings. The molecule has 0 unspecified atom stereocenters. The van der Waals surface area contributed by atoms with E-state index >= 15 is 0 Å². The molecule has 1 aliphatic heterocycles. The summed E-state index contributed by atoms with van der Waals surface area (Å²) in [4.78, 5) is 11.4. The Kier molecular flexibility index (Phi) is 2.98. The predicted octanol–water partition coefficient (Wildman–Crippen LogP) is 1.96. The van der Waals surface area contributed by atoms with Gasteiger partial charge in [0, 0.05) is 25.7 Å². The van der Waals surface area contributed by atoms with Crippen molar-refractivity contribution < 1.29 is 0 Å². The predicted molar refractivity (Wildman–Crippen MR) is 72.5 cm³/mol. The van der Waals surface area contributed by atoms with Crippen LogP contribution in [0.1, 0.15) is 38.8 Å². The number of hydrogen-bond acceptors (Lipinski definition) is 4. The van der Waals surface area contributed by atoms with Crippen molar-refractivity contribution >= 4 is 5.82 Å². The fraction of sp³-hybridized carbons (Fsp3) is 0.714. The summed E-state index contributed by atoms with van der Waals surface area (Å²) >= 11 is 0. The van der Waals surface area contributed by atoms with Crippen LogP contribution in [0.15, 0.2) is 12.4 Å². The Bertz CT molecular complexity index is 408. The van der Waals surface area contributed by atoms with Crippen LogP contribution in [0.4, 0.5) is 5.82 Å². The number of hydrogen-bond donors (Lipinski definition) is 1. The molecule has 2 heterocycles. The van der Waals surface area contributed by atoms with Crippen molar-refractivity contribution in [3.63, 3.8) is 0 Å². The SMILES string of the molecule is CC1(C)CCN(c2cnc(CNC3CC3)cn2)C1. The highest BCUT2D eigenvalue weighted by Gasteiger charge is 2.29.